The van der Waals surface area contributed by atoms with E-state index in [1.165, 1.54) is 0 Å². The zero-order chi connectivity index (χ0) is 14.7. The van der Waals surface area contributed by atoms with Gasteiger partial charge in [-0.25, -0.2) is 4.98 Å². The van der Waals surface area contributed by atoms with Crippen LogP contribution in [0.15, 0.2) is 55.0 Å². The number of fused-ring (bicyclic) bond motifs is 1. The van der Waals surface area contributed by atoms with Crippen molar-refractivity contribution < 1.29 is 4.79 Å². The summed E-state index contributed by atoms with van der Waals surface area (Å²) in [5, 5.41) is 7.67. The molecule has 0 bridgehead atoms. The fourth-order valence-electron chi connectivity index (χ4n) is 2.21. The predicted molar refractivity (Wildman–Crippen MR) is 83.5 cm³/mol. The van der Waals surface area contributed by atoms with E-state index in [0.717, 1.165) is 16.6 Å². The van der Waals surface area contributed by atoms with Gasteiger partial charge in [-0.3, -0.25) is 9.78 Å². The van der Waals surface area contributed by atoms with Crippen molar-refractivity contribution in [1.82, 2.24) is 9.97 Å². The molecule has 0 saturated carbocycles. The number of hydrogen-bond donors (Lipinski definition) is 2. The second-order valence-corrected chi connectivity index (χ2v) is 4.51. The number of carbonyl (C=O) groups excluding carboxylic acids is 1. The van der Waals surface area contributed by atoms with Crippen molar-refractivity contribution in [2.24, 2.45) is 0 Å². The second kappa shape index (κ2) is 5.58. The van der Waals surface area contributed by atoms with Crippen molar-refractivity contribution >= 4 is 28.2 Å². The lowest BCUT2D eigenvalue weighted by Gasteiger charge is -2.10. The van der Waals surface area contributed by atoms with E-state index in [9.17, 15) is 4.79 Å². The first kappa shape index (κ1) is 13.1. The van der Waals surface area contributed by atoms with Gasteiger partial charge in [0.25, 0.3) is 5.91 Å². The number of amides is 1. The summed E-state index contributed by atoms with van der Waals surface area (Å²) in [7, 11) is 1.81. The summed E-state index contributed by atoms with van der Waals surface area (Å²) in [6.07, 6.45) is 4.86. The lowest BCUT2D eigenvalue weighted by Crippen LogP contribution is -2.13. The summed E-state index contributed by atoms with van der Waals surface area (Å²) in [6.45, 7) is 0. The van der Waals surface area contributed by atoms with Crippen LogP contribution in [-0.2, 0) is 0 Å². The molecule has 0 aliphatic rings. The molecule has 1 amide bonds. The van der Waals surface area contributed by atoms with E-state index in [2.05, 4.69) is 20.6 Å². The number of nitrogens with zero attached hydrogens (tertiary/aromatic N) is 2. The van der Waals surface area contributed by atoms with Gasteiger partial charge >= 0.3 is 0 Å². The number of aromatic nitrogens is 2. The first-order chi connectivity index (χ1) is 10.3. The summed E-state index contributed by atoms with van der Waals surface area (Å²) in [4.78, 5) is 20.7. The Hall–Kier alpha value is -2.95. The molecule has 0 radical (unpaired) electrons. The van der Waals surface area contributed by atoms with Gasteiger partial charge in [-0.1, -0.05) is 24.3 Å². The van der Waals surface area contributed by atoms with E-state index in [-0.39, 0.29) is 5.91 Å². The lowest BCUT2D eigenvalue weighted by atomic mass is 10.1. The molecule has 3 aromatic rings. The molecule has 5 heteroatoms. The maximum Gasteiger partial charge on any atom is 0.257 e. The van der Waals surface area contributed by atoms with Crippen molar-refractivity contribution in [3.63, 3.8) is 0 Å². The third kappa shape index (κ3) is 2.53. The minimum Gasteiger partial charge on any atom is -0.373 e. The van der Waals surface area contributed by atoms with Gasteiger partial charge in [0.1, 0.15) is 5.82 Å². The van der Waals surface area contributed by atoms with Gasteiger partial charge in [0.2, 0.25) is 0 Å². The van der Waals surface area contributed by atoms with Crippen molar-refractivity contribution in [1.29, 1.82) is 0 Å². The highest BCUT2D eigenvalue weighted by Crippen LogP contribution is 2.24. The summed E-state index contributed by atoms with van der Waals surface area (Å²) in [6, 6.07) is 11.2. The number of hydrogen-bond acceptors (Lipinski definition) is 4. The van der Waals surface area contributed by atoms with Crippen LogP contribution in [0.1, 0.15) is 10.4 Å². The lowest BCUT2D eigenvalue weighted by molar-refractivity contribution is 0.102. The highest BCUT2D eigenvalue weighted by Gasteiger charge is 2.13. The quantitative estimate of drug-likeness (QED) is 0.773. The number of pyridine rings is 2. The molecular weight excluding hydrogens is 264 g/mol. The molecule has 0 fully saturated rings. The molecule has 0 aliphatic carbocycles. The van der Waals surface area contributed by atoms with E-state index in [1.54, 1.807) is 30.7 Å². The average molecular weight is 278 g/mol. The topological polar surface area (TPSA) is 66.9 Å². The Balaban J connectivity index is 2.03. The molecule has 21 heavy (non-hydrogen) atoms. The van der Waals surface area contributed by atoms with E-state index in [0.29, 0.717) is 11.3 Å². The third-order valence-electron chi connectivity index (χ3n) is 3.21. The van der Waals surface area contributed by atoms with Gasteiger partial charge in [-0.15, -0.1) is 0 Å². The Kier molecular flexibility index (Phi) is 3.47. The minimum absolute atomic E-state index is 0.187. The van der Waals surface area contributed by atoms with E-state index >= 15 is 0 Å². The summed E-state index contributed by atoms with van der Waals surface area (Å²) in [5.74, 6) is 0.568. The molecule has 3 rings (SSSR count). The molecule has 0 saturated heterocycles. The summed E-state index contributed by atoms with van der Waals surface area (Å²) < 4.78 is 0. The van der Waals surface area contributed by atoms with Crippen molar-refractivity contribution in [3.8, 4) is 0 Å². The summed E-state index contributed by atoms with van der Waals surface area (Å²) in [5.41, 5.74) is 1.25. The zero-order valence-corrected chi connectivity index (χ0v) is 11.5. The Morgan fingerprint density at radius 2 is 1.76 bits per heavy atom. The Bertz CT molecular complexity index is 787. The third-order valence-corrected chi connectivity index (χ3v) is 3.21. The summed E-state index contributed by atoms with van der Waals surface area (Å²) >= 11 is 0. The van der Waals surface area contributed by atoms with Crippen LogP contribution in [0.25, 0.3) is 10.8 Å². The fourth-order valence-corrected chi connectivity index (χ4v) is 2.21. The van der Waals surface area contributed by atoms with E-state index in [4.69, 9.17) is 0 Å². The van der Waals surface area contributed by atoms with E-state index < -0.39 is 0 Å². The van der Waals surface area contributed by atoms with Gasteiger partial charge in [-0.2, -0.15) is 0 Å². The second-order valence-electron chi connectivity index (χ2n) is 4.51. The number of carbonyl (C=O) groups is 1. The van der Waals surface area contributed by atoms with Crippen LogP contribution < -0.4 is 10.6 Å². The standard InChI is InChI=1S/C16H14N4O/c1-17-15-13-5-3-2-4-12(13)14(10-19-15)16(21)20-11-6-8-18-9-7-11/h2-10H,1H3,(H,17,19)(H,18,20,21). The maximum atomic E-state index is 12.4. The molecule has 1 aromatic carbocycles. The molecule has 0 atom stereocenters. The number of benzene rings is 1. The Morgan fingerprint density at radius 1 is 1.05 bits per heavy atom. The average Bonchev–Trinajstić information content (AvgIpc) is 2.54. The van der Waals surface area contributed by atoms with Crippen LogP contribution in [0, 0.1) is 0 Å². The van der Waals surface area contributed by atoms with Crippen LogP contribution in [0.3, 0.4) is 0 Å². The van der Waals surface area contributed by atoms with Crippen LogP contribution in [0.5, 0.6) is 0 Å². The van der Waals surface area contributed by atoms with Crippen LogP contribution >= 0.6 is 0 Å². The monoisotopic (exact) mass is 278 g/mol. The van der Waals surface area contributed by atoms with E-state index in [1.807, 2.05) is 31.3 Å². The molecule has 2 aromatic heterocycles. The smallest absolute Gasteiger partial charge is 0.257 e. The van der Waals surface area contributed by atoms with Crippen molar-refractivity contribution in [2.75, 3.05) is 17.7 Å². The molecule has 5 nitrogen and oxygen atoms in total. The highest BCUT2D eigenvalue weighted by atomic mass is 16.1. The number of anilines is 2. The van der Waals surface area contributed by atoms with Gasteiger partial charge in [-0.05, 0) is 17.5 Å². The number of nitrogens with one attached hydrogen (secondary N) is 2. The van der Waals surface area contributed by atoms with Crippen molar-refractivity contribution in [3.05, 3.63) is 60.6 Å². The van der Waals surface area contributed by atoms with Crippen molar-refractivity contribution in [2.45, 2.75) is 0 Å². The SMILES string of the molecule is CNc1ncc(C(=O)Nc2ccncc2)c2ccccc12. The maximum absolute atomic E-state index is 12.4. The Labute approximate surface area is 122 Å². The van der Waals surface area contributed by atoms with Crippen LogP contribution in [-0.4, -0.2) is 22.9 Å². The molecule has 0 unspecified atom stereocenters. The first-order valence-corrected chi connectivity index (χ1v) is 6.56. The number of rotatable bonds is 3. The first-order valence-electron chi connectivity index (χ1n) is 6.56. The largest absolute Gasteiger partial charge is 0.373 e. The zero-order valence-electron chi connectivity index (χ0n) is 11.5. The fraction of sp³-hybridized carbons (Fsp3) is 0.0625. The Morgan fingerprint density at radius 3 is 2.48 bits per heavy atom. The van der Waals surface area contributed by atoms with Gasteiger partial charge < -0.3 is 10.6 Å². The molecular formula is C16H14N4O. The normalized spacial score (nSPS) is 10.3. The molecule has 0 spiro atoms. The predicted octanol–water partition coefficient (Wildman–Crippen LogP) is 2.92. The van der Waals surface area contributed by atoms with Gasteiger partial charge in [0.15, 0.2) is 0 Å². The molecule has 2 heterocycles. The molecule has 0 aliphatic heterocycles. The van der Waals surface area contributed by atoms with Gasteiger partial charge in [0.05, 0.1) is 5.56 Å². The highest BCUT2D eigenvalue weighted by molar-refractivity contribution is 6.14. The molecule has 104 valence electrons. The molecule has 2 N–H and O–H groups in total. The minimum atomic E-state index is -0.187. The van der Waals surface area contributed by atoms with Gasteiger partial charge in [0, 0.05) is 36.7 Å². The van der Waals surface area contributed by atoms with Crippen LogP contribution in [0.4, 0.5) is 11.5 Å². The van der Waals surface area contributed by atoms with Crippen LogP contribution in [0.2, 0.25) is 0 Å².